The number of aliphatic imine (C=N–C) groups is 1. The van der Waals surface area contributed by atoms with Crippen LogP contribution in [0, 0.1) is 6.92 Å². The summed E-state index contributed by atoms with van der Waals surface area (Å²) in [6, 6.07) is 10.1. The van der Waals surface area contributed by atoms with Crippen LogP contribution < -0.4 is 4.90 Å². The second-order valence-electron chi connectivity index (χ2n) is 6.81. The number of thioether (sulfide) groups is 1. The van der Waals surface area contributed by atoms with Gasteiger partial charge in [-0.25, -0.2) is 4.79 Å². The summed E-state index contributed by atoms with van der Waals surface area (Å²) in [6.45, 7) is 0.165. The van der Waals surface area contributed by atoms with E-state index in [-0.39, 0.29) is 17.6 Å². The van der Waals surface area contributed by atoms with Crippen LogP contribution in [0.3, 0.4) is 0 Å². The molecule has 2 amide bonds. The molecular formula is C20H17F6N3OS. The number of benzene rings is 2. The molecule has 31 heavy (non-hydrogen) atoms. The summed E-state index contributed by atoms with van der Waals surface area (Å²) < 4.78 is 77.3. The molecule has 1 fully saturated rings. The largest absolute Gasteiger partial charge is 0.416 e. The molecule has 0 bridgehead atoms. The van der Waals surface area contributed by atoms with Gasteiger partial charge in [0, 0.05) is 5.69 Å². The second-order valence-corrected chi connectivity index (χ2v) is 7.73. The Bertz CT molecular complexity index is 955. The first-order chi connectivity index (χ1) is 14.4. The third-order valence-electron chi connectivity index (χ3n) is 4.38. The molecule has 4 nitrogen and oxygen atoms in total. The van der Waals surface area contributed by atoms with Crippen LogP contribution in [-0.4, -0.2) is 34.7 Å². The number of hydrogen-bond donors (Lipinski definition) is 0. The predicted molar refractivity (Wildman–Crippen MR) is 107 cm³/mol. The highest BCUT2D eigenvalue weighted by Gasteiger charge is 2.40. The van der Waals surface area contributed by atoms with Crippen LogP contribution in [0.1, 0.15) is 16.7 Å². The van der Waals surface area contributed by atoms with Crippen molar-refractivity contribution in [2.45, 2.75) is 25.8 Å². The molecular weight excluding hydrogens is 444 g/mol. The molecule has 0 spiro atoms. The average Bonchev–Trinajstić information content (AvgIpc) is 2.68. The van der Waals surface area contributed by atoms with Crippen LogP contribution in [0.4, 0.5) is 36.8 Å². The Balaban J connectivity index is 1.81. The van der Waals surface area contributed by atoms with Crippen molar-refractivity contribution in [1.29, 1.82) is 0 Å². The van der Waals surface area contributed by atoms with E-state index >= 15 is 0 Å². The van der Waals surface area contributed by atoms with Crippen molar-refractivity contribution in [3.05, 3.63) is 65.2 Å². The standard InChI is InChI=1S/C20H17F6N3OS/c1-13-2-8-16(9-3-13)29-12-31-17(28(18(29)30)11-19(21,22)23)27-10-14-4-6-15(7-5-14)20(24,25)26/h2-9H,10-12H2,1H3/b27-17+. The van der Waals surface area contributed by atoms with Crippen molar-refractivity contribution >= 4 is 28.6 Å². The Labute approximate surface area is 178 Å². The van der Waals surface area contributed by atoms with Crippen molar-refractivity contribution in [3.63, 3.8) is 0 Å². The van der Waals surface area contributed by atoms with E-state index in [4.69, 9.17) is 0 Å². The zero-order valence-corrected chi connectivity index (χ0v) is 17.0. The number of amides is 2. The van der Waals surface area contributed by atoms with Crippen LogP contribution in [0.25, 0.3) is 0 Å². The third-order valence-corrected chi connectivity index (χ3v) is 5.37. The van der Waals surface area contributed by atoms with Gasteiger partial charge in [-0.3, -0.25) is 14.8 Å². The molecule has 0 aliphatic carbocycles. The smallest absolute Gasteiger partial charge is 0.284 e. The highest BCUT2D eigenvalue weighted by atomic mass is 32.2. The van der Waals surface area contributed by atoms with Gasteiger partial charge < -0.3 is 0 Å². The maximum atomic E-state index is 13.1. The summed E-state index contributed by atoms with van der Waals surface area (Å²) in [5.74, 6) is 0.0576. The minimum atomic E-state index is -4.65. The van der Waals surface area contributed by atoms with E-state index in [0.29, 0.717) is 16.2 Å². The molecule has 1 heterocycles. The molecule has 1 aliphatic heterocycles. The topological polar surface area (TPSA) is 35.9 Å². The molecule has 1 aliphatic rings. The molecule has 0 atom stereocenters. The molecule has 0 unspecified atom stereocenters. The molecule has 2 aromatic rings. The number of rotatable bonds is 4. The van der Waals surface area contributed by atoms with Crippen LogP contribution in [-0.2, 0) is 12.7 Å². The summed E-state index contributed by atoms with van der Waals surface area (Å²) in [6.07, 6.45) is -9.14. The minimum absolute atomic E-state index is 0.0576. The molecule has 11 heteroatoms. The number of aryl methyl sites for hydroxylation is 1. The number of anilines is 1. The Morgan fingerprint density at radius 1 is 0.968 bits per heavy atom. The monoisotopic (exact) mass is 461 g/mol. The van der Waals surface area contributed by atoms with E-state index in [9.17, 15) is 31.1 Å². The van der Waals surface area contributed by atoms with Crippen LogP contribution in [0.2, 0.25) is 0 Å². The van der Waals surface area contributed by atoms with Crippen LogP contribution in [0.15, 0.2) is 53.5 Å². The highest BCUT2D eigenvalue weighted by molar-refractivity contribution is 8.14. The van der Waals surface area contributed by atoms with Gasteiger partial charge in [-0.2, -0.15) is 26.3 Å². The maximum Gasteiger partial charge on any atom is 0.416 e. The SMILES string of the molecule is Cc1ccc(N2CS/C(=N/Cc3ccc(C(F)(F)F)cc3)N(CC(F)(F)F)C2=O)cc1. The average molecular weight is 461 g/mol. The molecule has 0 N–H and O–H groups in total. The van der Waals surface area contributed by atoms with Gasteiger partial charge in [0.25, 0.3) is 0 Å². The van der Waals surface area contributed by atoms with Crippen molar-refractivity contribution in [1.82, 2.24) is 4.90 Å². The summed E-state index contributed by atoms with van der Waals surface area (Å²) in [5, 5.41) is -0.134. The molecule has 166 valence electrons. The summed E-state index contributed by atoms with van der Waals surface area (Å²) in [4.78, 5) is 18.6. The fourth-order valence-corrected chi connectivity index (χ4v) is 3.75. The van der Waals surface area contributed by atoms with Gasteiger partial charge >= 0.3 is 18.4 Å². The number of halogens is 6. The number of amidine groups is 1. The molecule has 0 aromatic heterocycles. The van der Waals surface area contributed by atoms with Gasteiger partial charge in [0.15, 0.2) is 5.17 Å². The first-order valence-electron chi connectivity index (χ1n) is 9.00. The van der Waals surface area contributed by atoms with Gasteiger partial charge in [0.05, 0.1) is 18.0 Å². The van der Waals surface area contributed by atoms with Gasteiger partial charge in [0.1, 0.15) is 6.54 Å². The first kappa shape index (κ1) is 23.0. The lowest BCUT2D eigenvalue weighted by Gasteiger charge is -2.36. The quantitative estimate of drug-likeness (QED) is 0.519. The van der Waals surface area contributed by atoms with Gasteiger partial charge in [0.2, 0.25) is 0 Å². The van der Waals surface area contributed by atoms with E-state index in [1.54, 1.807) is 24.3 Å². The van der Waals surface area contributed by atoms with E-state index in [2.05, 4.69) is 4.99 Å². The van der Waals surface area contributed by atoms with Crippen molar-refractivity contribution in [2.24, 2.45) is 4.99 Å². The molecule has 0 saturated carbocycles. The van der Waals surface area contributed by atoms with Crippen molar-refractivity contribution in [3.8, 4) is 0 Å². The molecule has 1 saturated heterocycles. The number of urea groups is 1. The van der Waals surface area contributed by atoms with Gasteiger partial charge in [-0.05, 0) is 36.8 Å². The Kier molecular flexibility index (Phi) is 6.54. The normalized spacial score (nSPS) is 16.9. The van der Waals surface area contributed by atoms with E-state index in [0.717, 1.165) is 29.5 Å². The second kappa shape index (κ2) is 8.81. The predicted octanol–water partition coefficient (Wildman–Crippen LogP) is 6.07. The van der Waals surface area contributed by atoms with E-state index in [1.165, 1.54) is 17.0 Å². The minimum Gasteiger partial charge on any atom is -0.284 e. The number of alkyl halides is 6. The summed E-state index contributed by atoms with van der Waals surface area (Å²) in [7, 11) is 0. The lowest BCUT2D eigenvalue weighted by molar-refractivity contribution is -0.137. The Morgan fingerprint density at radius 3 is 2.13 bits per heavy atom. The zero-order valence-electron chi connectivity index (χ0n) is 16.2. The highest BCUT2D eigenvalue weighted by Crippen LogP contribution is 2.31. The molecule has 2 aromatic carbocycles. The summed E-state index contributed by atoms with van der Waals surface area (Å²) in [5.41, 5.74) is 0.934. The number of carbonyl (C=O) groups is 1. The third kappa shape index (κ3) is 5.93. The number of nitrogens with zero attached hydrogens (tertiary/aromatic N) is 3. The Morgan fingerprint density at radius 2 is 1.58 bits per heavy atom. The van der Waals surface area contributed by atoms with Crippen molar-refractivity contribution < 1.29 is 31.1 Å². The number of hydrogen-bond acceptors (Lipinski definition) is 3. The summed E-state index contributed by atoms with van der Waals surface area (Å²) >= 11 is 0.951. The fraction of sp³-hybridized carbons (Fsp3) is 0.300. The fourth-order valence-electron chi connectivity index (χ4n) is 2.80. The molecule has 0 radical (unpaired) electrons. The van der Waals surface area contributed by atoms with E-state index in [1.807, 2.05) is 6.92 Å². The number of carbonyl (C=O) groups excluding carboxylic acids is 1. The van der Waals surface area contributed by atoms with Gasteiger partial charge in [-0.15, -0.1) is 0 Å². The van der Waals surface area contributed by atoms with Crippen molar-refractivity contribution in [2.75, 3.05) is 17.3 Å². The lowest BCUT2D eigenvalue weighted by atomic mass is 10.1. The van der Waals surface area contributed by atoms with E-state index < -0.39 is 30.5 Å². The lowest BCUT2D eigenvalue weighted by Crippen LogP contribution is -2.53. The first-order valence-corrected chi connectivity index (χ1v) is 9.98. The Hall–Kier alpha value is -2.69. The molecule has 3 rings (SSSR count). The van der Waals surface area contributed by atoms with Crippen LogP contribution in [0.5, 0.6) is 0 Å². The zero-order chi connectivity index (χ0) is 22.8. The maximum absolute atomic E-state index is 13.1. The van der Waals surface area contributed by atoms with Crippen LogP contribution >= 0.6 is 11.8 Å². The van der Waals surface area contributed by atoms with Gasteiger partial charge in [-0.1, -0.05) is 41.6 Å².